The minimum atomic E-state index is -0.656. The van der Waals surface area contributed by atoms with E-state index in [1.807, 2.05) is 12.4 Å². The predicted octanol–water partition coefficient (Wildman–Crippen LogP) is 4.58. The molecule has 2 heterocycles. The summed E-state index contributed by atoms with van der Waals surface area (Å²) >= 11 is 1.60. The summed E-state index contributed by atoms with van der Waals surface area (Å²) in [5.74, 6) is -0.460. The number of benzene rings is 1. The first-order valence-corrected chi connectivity index (χ1v) is 8.34. The third-order valence-electron chi connectivity index (χ3n) is 3.87. The molecule has 0 spiro atoms. The highest BCUT2D eigenvalue weighted by Gasteiger charge is 2.19. The summed E-state index contributed by atoms with van der Waals surface area (Å²) < 4.78 is 32.3. The van der Waals surface area contributed by atoms with E-state index in [4.69, 9.17) is 4.42 Å². The second-order valence-corrected chi connectivity index (χ2v) is 6.57. The second kappa shape index (κ2) is 6.78. The van der Waals surface area contributed by atoms with E-state index in [0.29, 0.717) is 12.3 Å². The van der Waals surface area contributed by atoms with Crippen LogP contribution in [0.2, 0.25) is 0 Å². The standard InChI is InChI=1S/C17H17F2N3OS/c1-10(17-20-4-5-24-17)22(3)9-15-11(2)23-16(21-15)12-6-13(18)8-14(19)7-12/h4-8,10H,9H2,1-3H3. The van der Waals surface area contributed by atoms with Gasteiger partial charge in [-0.05, 0) is 33.0 Å². The number of aromatic nitrogens is 2. The van der Waals surface area contributed by atoms with Crippen molar-refractivity contribution < 1.29 is 13.2 Å². The van der Waals surface area contributed by atoms with Gasteiger partial charge in [-0.3, -0.25) is 4.90 Å². The van der Waals surface area contributed by atoms with Gasteiger partial charge in [-0.25, -0.2) is 18.7 Å². The highest BCUT2D eigenvalue weighted by atomic mass is 32.1. The molecule has 0 fully saturated rings. The zero-order valence-electron chi connectivity index (χ0n) is 13.6. The molecular formula is C17H17F2N3OS. The predicted molar refractivity (Wildman–Crippen MR) is 88.6 cm³/mol. The van der Waals surface area contributed by atoms with Crippen molar-refractivity contribution in [3.8, 4) is 11.5 Å². The summed E-state index contributed by atoms with van der Waals surface area (Å²) in [5.41, 5.74) is 1.03. The van der Waals surface area contributed by atoms with Crippen molar-refractivity contribution in [2.24, 2.45) is 0 Å². The Labute approximate surface area is 142 Å². The third-order valence-corrected chi connectivity index (χ3v) is 4.82. The Morgan fingerprint density at radius 1 is 1.25 bits per heavy atom. The van der Waals surface area contributed by atoms with Crippen molar-refractivity contribution in [3.05, 3.63) is 57.9 Å². The Balaban J connectivity index is 1.81. The molecule has 0 saturated heterocycles. The van der Waals surface area contributed by atoms with E-state index in [0.717, 1.165) is 16.8 Å². The minimum absolute atomic E-state index is 0.135. The Morgan fingerprint density at radius 2 is 1.96 bits per heavy atom. The van der Waals surface area contributed by atoms with E-state index < -0.39 is 11.6 Å². The quantitative estimate of drug-likeness (QED) is 0.676. The normalized spacial score (nSPS) is 12.8. The van der Waals surface area contributed by atoms with Crippen LogP contribution in [0.15, 0.2) is 34.2 Å². The lowest BCUT2D eigenvalue weighted by Gasteiger charge is -2.21. The maximum Gasteiger partial charge on any atom is 0.226 e. The average molecular weight is 349 g/mol. The molecule has 1 atom stereocenters. The minimum Gasteiger partial charge on any atom is -0.441 e. The van der Waals surface area contributed by atoms with Crippen LogP contribution in [0.3, 0.4) is 0 Å². The summed E-state index contributed by atoms with van der Waals surface area (Å²) in [7, 11) is 1.97. The van der Waals surface area contributed by atoms with Gasteiger partial charge in [0.25, 0.3) is 0 Å². The van der Waals surface area contributed by atoms with Crippen LogP contribution >= 0.6 is 11.3 Å². The maximum absolute atomic E-state index is 13.4. The summed E-state index contributed by atoms with van der Waals surface area (Å²) in [6.07, 6.45) is 1.78. The number of hydrogen-bond acceptors (Lipinski definition) is 5. The molecule has 2 aromatic heterocycles. The first-order chi connectivity index (χ1) is 11.4. The zero-order chi connectivity index (χ0) is 17.3. The monoisotopic (exact) mass is 349 g/mol. The fourth-order valence-electron chi connectivity index (χ4n) is 2.38. The molecular weight excluding hydrogens is 332 g/mol. The Hall–Kier alpha value is -2.12. The van der Waals surface area contributed by atoms with Crippen molar-refractivity contribution in [1.82, 2.24) is 14.9 Å². The summed E-state index contributed by atoms with van der Waals surface area (Å²) in [4.78, 5) is 10.8. The molecule has 126 valence electrons. The van der Waals surface area contributed by atoms with Crippen molar-refractivity contribution in [2.45, 2.75) is 26.4 Å². The molecule has 0 amide bonds. The smallest absolute Gasteiger partial charge is 0.226 e. The first-order valence-electron chi connectivity index (χ1n) is 7.46. The van der Waals surface area contributed by atoms with Crippen LogP contribution in [0, 0.1) is 18.6 Å². The van der Waals surface area contributed by atoms with Gasteiger partial charge in [-0.1, -0.05) is 0 Å². The van der Waals surface area contributed by atoms with E-state index >= 15 is 0 Å². The van der Waals surface area contributed by atoms with Gasteiger partial charge in [0.2, 0.25) is 5.89 Å². The SMILES string of the molecule is Cc1oc(-c2cc(F)cc(F)c2)nc1CN(C)C(C)c1nccs1. The lowest BCUT2D eigenvalue weighted by Crippen LogP contribution is -2.22. The zero-order valence-corrected chi connectivity index (χ0v) is 14.4. The fourth-order valence-corrected chi connectivity index (χ4v) is 3.14. The van der Waals surface area contributed by atoms with Crippen LogP contribution in [-0.2, 0) is 6.54 Å². The van der Waals surface area contributed by atoms with Crippen molar-refractivity contribution in [3.63, 3.8) is 0 Å². The molecule has 3 aromatic rings. The van der Waals surface area contributed by atoms with Gasteiger partial charge in [0.15, 0.2) is 0 Å². The van der Waals surface area contributed by atoms with Gasteiger partial charge in [-0.2, -0.15) is 0 Å². The molecule has 0 aliphatic rings. The lowest BCUT2D eigenvalue weighted by molar-refractivity contribution is 0.248. The van der Waals surface area contributed by atoms with Crippen molar-refractivity contribution in [1.29, 1.82) is 0 Å². The van der Waals surface area contributed by atoms with E-state index in [1.165, 1.54) is 12.1 Å². The number of rotatable bonds is 5. The number of oxazole rings is 1. The van der Waals surface area contributed by atoms with E-state index in [1.54, 1.807) is 24.5 Å². The number of thiazole rings is 1. The molecule has 1 unspecified atom stereocenters. The van der Waals surface area contributed by atoms with Gasteiger partial charge in [0.05, 0.1) is 11.7 Å². The molecule has 0 N–H and O–H groups in total. The van der Waals surface area contributed by atoms with E-state index in [9.17, 15) is 8.78 Å². The summed E-state index contributed by atoms with van der Waals surface area (Å²) in [6, 6.07) is 3.38. The number of hydrogen-bond donors (Lipinski definition) is 0. The second-order valence-electron chi connectivity index (χ2n) is 5.64. The Bertz CT molecular complexity index is 812. The van der Waals surface area contributed by atoms with Crippen LogP contribution in [0.4, 0.5) is 8.78 Å². The van der Waals surface area contributed by atoms with Crippen LogP contribution in [0.25, 0.3) is 11.5 Å². The molecule has 7 heteroatoms. The Kier molecular flexibility index (Phi) is 4.73. The summed E-state index contributed by atoms with van der Waals surface area (Å²) in [5, 5.41) is 2.96. The number of nitrogens with zero attached hydrogens (tertiary/aromatic N) is 3. The largest absolute Gasteiger partial charge is 0.441 e. The molecule has 1 aromatic carbocycles. The molecule has 3 rings (SSSR count). The van der Waals surface area contributed by atoms with Crippen LogP contribution in [-0.4, -0.2) is 21.9 Å². The van der Waals surface area contributed by atoms with Gasteiger partial charge >= 0.3 is 0 Å². The molecule has 0 saturated carbocycles. The average Bonchev–Trinajstić information content (AvgIpc) is 3.16. The topological polar surface area (TPSA) is 42.2 Å². The molecule has 24 heavy (non-hydrogen) atoms. The number of halogens is 2. The molecule has 0 radical (unpaired) electrons. The molecule has 0 aliphatic carbocycles. The van der Waals surface area contributed by atoms with Crippen molar-refractivity contribution >= 4 is 11.3 Å². The number of aryl methyl sites for hydroxylation is 1. The lowest BCUT2D eigenvalue weighted by atomic mass is 10.2. The van der Waals surface area contributed by atoms with Gasteiger partial charge in [0.1, 0.15) is 22.4 Å². The van der Waals surface area contributed by atoms with E-state index in [-0.39, 0.29) is 17.5 Å². The maximum atomic E-state index is 13.4. The highest BCUT2D eigenvalue weighted by Crippen LogP contribution is 2.26. The Morgan fingerprint density at radius 3 is 2.58 bits per heavy atom. The van der Waals surface area contributed by atoms with E-state index in [2.05, 4.69) is 21.8 Å². The van der Waals surface area contributed by atoms with Gasteiger partial charge < -0.3 is 4.42 Å². The molecule has 0 bridgehead atoms. The van der Waals surface area contributed by atoms with Gasteiger partial charge in [0, 0.05) is 29.8 Å². The van der Waals surface area contributed by atoms with Crippen LogP contribution in [0.5, 0.6) is 0 Å². The summed E-state index contributed by atoms with van der Waals surface area (Å²) in [6.45, 7) is 4.41. The van der Waals surface area contributed by atoms with Crippen LogP contribution < -0.4 is 0 Å². The van der Waals surface area contributed by atoms with Gasteiger partial charge in [-0.15, -0.1) is 11.3 Å². The third kappa shape index (κ3) is 3.52. The molecule has 0 aliphatic heterocycles. The van der Waals surface area contributed by atoms with Crippen molar-refractivity contribution in [2.75, 3.05) is 7.05 Å². The first kappa shape index (κ1) is 16.7. The molecule has 4 nitrogen and oxygen atoms in total. The highest BCUT2D eigenvalue weighted by molar-refractivity contribution is 7.09. The van der Waals surface area contributed by atoms with Crippen LogP contribution in [0.1, 0.15) is 29.4 Å². The fraction of sp³-hybridized carbons (Fsp3) is 0.294.